The van der Waals surface area contributed by atoms with Crippen molar-refractivity contribution >= 4 is 5.91 Å². The van der Waals surface area contributed by atoms with Gasteiger partial charge in [-0.05, 0) is 49.1 Å². The maximum atomic E-state index is 13.0. The molecule has 4 rings (SSSR count). The molecule has 0 saturated heterocycles. The van der Waals surface area contributed by atoms with E-state index >= 15 is 0 Å². The molecule has 0 bridgehead atoms. The van der Waals surface area contributed by atoms with E-state index in [1.54, 1.807) is 18.5 Å². The first-order chi connectivity index (χ1) is 13.2. The molecule has 1 saturated carbocycles. The number of imidazole rings is 1. The van der Waals surface area contributed by atoms with E-state index in [1.807, 2.05) is 12.5 Å². The number of nitrogens with zero attached hydrogens (tertiary/aromatic N) is 3. The molecule has 0 aliphatic heterocycles. The second-order valence-corrected chi connectivity index (χ2v) is 6.70. The molecule has 1 aliphatic rings. The Hall–Kier alpha value is -3.22. The molecule has 1 aliphatic carbocycles. The molecule has 7 heteroatoms. The highest BCUT2D eigenvalue weighted by Gasteiger charge is 2.31. The van der Waals surface area contributed by atoms with Gasteiger partial charge in [-0.25, -0.2) is 9.37 Å². The predicted octanol–water partition coefficient (Wildman–Crippen LogP) is 3.42. The number of pyridine rings is 1. The lowest BCUT2D eigenvalue weighted by Crippen LogP contribution is -2.45. The molecule has 1 aromatic carbocycles. The van der Waals surface area contributed by atoms with Crippen LogP contribution in [0.1, 0.15) is 23.2 Å². The monoisotopic (exact) mass is 366 g/mol. The number of carbonyl (C=O) groups excluding carboxylic acids is 1. The van der Waals surface area contributed by atoms with Crippen LogP contribution in [0.2, 0.25) is 0 Å². The molecular formula is C20H19FN4O2. The number of amides is 1. The molecule has 1 N–H and O–H groups in total. The van der Waals surface area contributed by atoms with Crippen LogP contribution in [0.15, 0.2) is 61.4 Å². The molecule has 1 amide bonds. The maximum Gasteiger partial charge on any atom is 0.255 e. The summed E-state index contributed by atoms with van der Waals surface area (Å²) in [5.41, 5.74) is 0.410. The van der Waals surface area contributed by atoms with Crippen LogP contribution in [-0.4, -0.2) is 26.5 Å². The Morgan fingerprint density at radius 2 is 2.00 bits per heavy atom. The minimum Gasteiger partial charge on any atom is -0.455 e. The van der Waals surface area contributed by atoms with E-state index in [9.17, 15) is 9.18 Å². The number of halogens is 1. The van der Waals surface area contributed by atoms with E-state index in [0.29, 0.717) is 23.0 Å². The number of nitrogens with one attached hydrogen (secondary N) is 1. The van der Waals surface area contributed by atoms with Gasteiger partial charge in [0.1, 0.15) is 11.6 Å². The van der Waals surface area contributed by atoms with Crippen LogP contribution in [0.4, 0.5) is 4.39 Å². The number of ether oxygens (including phenoxy) is 1. The Labute approximate surface area is 156 Å². The van der Waals surface area contributed by atoms with Gasteiger partial charge in [0.05, 0.1) is 18.1 Å². The van der Waals surface area contributed by atoms with Crippen LogP contribution in [0, 0.1) is 11.7 Å². The molecule has 0 atom stereocenters. The number of hydrogen-bond acceptors (Lipinski definition) is 4. The van der Waals surface area contributed by atoms with Gasteiger partial charge in [0, 0.05) is 31.2 Å². The van der Waals surface area contributed by atoms with E-state index in [1.165, 1.54) is 30.5 Å². The van der Waals surface area contributed by atoms with E-state index in [2.05, 4.69) is 19.9 Å². The second kappa shape index (κ2) is 7.57. The molecular weight excluding hydrogens is 347 g/mol. The smallest absolute Gasteiger partial charge is 0.255 e. The fraction of sp³-hybridized carbons (Fsp3) is 0.250. The van der Waals surface area contributed by atoms with Gasteiger partial charge in [-0.3, -0.25) is 9.78 Å². The first-order valence-electron chi connectivity index (χ1n) is 8.81. The van der Waals surface area contributed by atoms with Crippen molar-refractivity contribution in [2.45, 2.75) is 25.4 Å². The van der Waals surface area contributed by atoms with Crippen molar-refractivity contribution in [1.82, 2.24) is 19.9 Å². The van der Waals surface area contributed by atoms with Crippen LogP contribution < -0.4 is 10.1 Å². The minimum atomic E-state index is -0.346. The number of aromatic nitrogens is 3. The molecule has 138 valence electrons. The van der Waals surface area contributed by atoms with Gasteiger partial charge >= 0.3 is 0 Å². The van der Waals surface area contributed by atoms with E-state index in [4.69, 9.17) is 4.74 Å². The number of hydrogen-bond donors (Lipinski definition) is 1. The fourth-order valence-electron chi connectivity index (χ4n) is 3.24. The molecule has 2 aromatic heterocycles. The summed E-state index contributed by atoms with van der Waals surface area (Å²) in [5, 5.41) is 3.05. The summed E-state index contributed by atoms with van der Waals surface area (Å²) in [6.45, 7) is 0.917. The molecule has 0 unspecified atom stereocenters. The van der Waals surface area contributed by atoms with Gasteiger partial charge in [-0.1, -0.05) is 0 Å². The third-order valence-electron chi connectivity index (χ3n) is 4.67. The van der Waals surface area contributed by atoms with Crippen molar-refractivity contribution in [3.63, 3.8) is 0 Å². The molecule has 6 nitrogen and oxygen atoms in total. The quantitative estimate of drug-likeness (QED) is 0.726. The molecule has 0 radical (unpaired) electrons. The minimum absolute atomic E-state index is 0.151. The Balaban J connectivity index is 1.36. The Bertz CT molecular complexity index is 906. The number of carbonyl (C=O) groups is 1. The molecule has 0 spiro atoms. The van der Waals surface area contributed by atoms with E-state index in [0.717, 1.165) is 19.4 Å². The highest BCUT2D eigenvalue weighted by atomic mass is 19.1. The number of benzene rings is 1. The summed E-state index contributed by atoms with van der Waals surface area (Å²) in [7, 11) is 0. The van der Waals surface area contributed by atoms with Crippen LogP contribution >= 0.6 is 0 Å². The molecule has 2 heterocycles. The van der Waals surface area contributed by atoms with Gasteiger partial charge in [-0.2, -0.15) is 0 Å². The van der Waals surface area contributed by atoms with Crippen molar-refractivity contribution < 1.29 is 13.9 Å². The topological polar surface area (TPSA) is 69.0 Å². The zero-order valence-corrected chi connectivity index (χ0v) is 14.6. The summed E-state index contributed by atoms with van der Waals surface area (Å²) in [4.78, 5) is 20.7. The lowest BCUT2D eigenvalue weighted by Gasteiger charge is -2.36. The number of rotatable bonds is 6. The Morgan fingerprint density at radius 1 is 1.19 bits per heavy atom. The van der Waals surface area contributed by atoms with Crippen molar-refractivity contribution in [3.05, 3.63) is 72.8 Å². The van der Waals surface area contributed by atoms with Crippen molar-refractivity contribution in [1.29, 1.82) is 0 Å². The fourth-order valence-corrected chi connectivity index (χ4v) is 3.24. The zero-order valence-electron chi connectivity index (χ0n) is 14.6. The summed E-state index contributed by atoms with van der Waals surface area (Å²) >= 11 is 0. The third-order valence-corrected chi connectivity index (χ3v) is 4.67. The van der Waals surface area contributed by atoms with Gasteiger partial charge in [0.2, 0.25) is 0 Å². The highest BCUT2D eigenvalue weighted by molar-refractivity contribution is 5.97. The van der Waals surface area contributed by atoms with Crippen molar-refractivity contribution in [3.8, 4) is 11.5 Å². The average molecular weight is 366 g/mol. The lowest BCUT2D eigenvalue weighted by atomic mass is 9.80. The van der Waals surface area contributed by atoms with Crippen molar-refractivity contribution in [2.75, 3.05) is 0 Å². The maximum absolute atomic E-state index is 13.0. The zero-order chi connectivity index (χ0) is 18.6. The van der Waals surface area contributed by atoms with Crippen LogP contribution in [0.25, 0.3) is 0 Å². The molecule has 27 heavy (non-hydrogen) atoms. The van der Waals surface area contributed by atoms with Crippen molar-refractivity contribution in [2.24, 2.45) is 5.92 Å². The van der Waals surface area contributed by atoms with Gasteiger partial charge in [0.25, 0.3) is 5.91 Å². The van der Waals surface area contributed by atoms with Crippen LogP contribution in [-0.2, 0) is 6.54 Å². The second-order valence-electron chi connectivity index (χ2n) is 6.70. The predicted molar refractivity (Wildman–Crippen MR) is 96.9 cm³/mol. The Kier molecular flexibility index (Phi) is 4.82. The van der Waals surface area contributed by atoms with Gasteiger partial charge in [0.15, 0.2) is 5.75 Å². The third kappa shape index (κ3) is 4.13. The first-order valence-corrected chi connectivity index (χ1v) is 8.81. The van der Waals surface area contributed by atoms with Crippen LogP contribution in [0.3, 0.4) is 0 Å². The standard InChI is InChI=1S/C20H19FN4O2/c21-15-1-3-17(4-2-15)27-19-11-22-6-5-18(19)20(26)24-16-9-14(10-16)12-25-8-7-23-13-25/h1-8,11,13-14,16H,9-10,12H2,(H,24,26). The SMILES string of the molecule is O=C(NC1CC(Cn2ccnc2)C1)c1ccncc1Oc1ccc(F)cc1. The van der Waals surface area contributed by atoms with Gasteiger partial charge < -0.3 is 14.6 Å². The lowest BCUT2D eigenvalue weighted by molar-refractivity contribution is 0.0879. The molecule has 1 fully saturated rings. The molecule has 3 aromatic rings. The summed E-state index contributed by atoms with van der Waals surface area (Å²) < 4.78 is 20.8. The van der Waals surface area contributed by atoms with Gasteiger partial charge in [-0.15, -0.1) is 0 Å². The first kappa shape index (κ1) is 17.2. The normalized spacial score (nSPS) is 18.6. The Morgan fingerprint density at radius 3 is 2.74 bits per heavy atom. The summed E-state index contributed by atoms with van der Waals surface area (Å²) in [5.74, 6) is 0.789. The largest absolute Gasteiger partial charge is 0.455 e. The highest BCUT2D eigenvalue weighted by Crippen LogP contribution is 2.30. The van der Waals surface area contributed by atoms with Crippen LogP contribution in [0.5, 0.6) is 11.5 Å². The summed E-state index contributed by atoms with van der Waals surface area (Å²) in [6.07, 6.45) is 10.4. The summed E-state index contributed by atoms with van der Waals surface area (Å²) in [6, 6.07) is 7.40. The average Bonchev–Trinajstić information content (AvgIpc) is 3.15. The van der Waals surface area contributed by atoms with E-state index < -0.39 is 0 Å². The van der Waals surface area contributed by atoms with E-state index in [-0.39, 0.29) is 17.8 Å².